The van der Waals surface area contributed by atoms with Crippen LogP contribution in [0.5, 0.6) is 0 Å². The number of aryl methyl sites for hydroxylation is 1. The van der Waals surface area contributed by atoms with Gasteiger partial charge in [-0.05, 0) is 65.0 Å². The Hall–Kier alpha value is -1.19. The van der Waals surface area contributed by atoms with E-state index in [9.17, 15) is 4.39 Å². The molecule has 2 rings (SSSR count). The highest BCUT2D eigenvalue weighted by molar-refractivity contribution is 9.10. The van der Waals surface area contributed by atoms with E-state index in [0.717, 1.165) is 31.4 Å². The Bertz CT molecular complexity index is 556. The minimum atomic E-state index is -0.206. The predicted molar refractivity (Wildman–Crippen MR) is 89.9 cm³/mol. The van der Waals surface area contributed by atoms with Crippen molar-refractivity contribution in [3.8, 4) is 0 Å². The lowest BCUT2D eigenvalue weighted by molar-refractivity contribution is 0.499. The van der Waals surface area contributed by atoms with Gasteiger partial charge in [-0.25, -0.2) is 4.39 Å². The summed E-state index contributed by atoms with van der Waals surface area (Å²) in [6.45, 7) is 3.18. The van der Waals surface area contributed by atoms with Gasteiger partial charge >= 0.3 is 0 Å². The molecule has 0 aliphatic rings. The number of hydrogen-bond donors (Lipinski definition) is 1. The summed E-state index contributed by atoms with van der Waals surface area (Å²) >= 11 is 3.25. The molecule has 0 bridgehead atoms. The number of halogens is 2. The Balaban J connectivity index is 2.03. The summed E-state index contributed by atoms with van der Waals surface area (Å²) in [5.41, 5.74) is 2.47. The van der Waals surface area contributed by atoms with Crippen LogP contribution in [0.25, 0.3) is 0 Å². The van der Waals surface area contributed by atoms with Gasteiger partial charge in [-0.2, -0.15) is 0 Å². The van der Waals surface area contributed by atoms with Crippen LogP contribution in [0.2, 0.25) is 0 Å². The Kier molecular flexibility index (Phi) is 6.40. The molecule has 3 heteroatoms. The monoisotopic (exact) mass is 349 g/mol. The van der Waals surface area contributed by atoms with Gasteiger partial charge in [-0.15, -0.1) is 0 Å². The molecule has 0 fully saturated rings. The third kappa shape index (κ3) is 4.94. The highest BCUT2D eigenvalue weighted by atomic mass is 79.9. The zero-order valence-corrected chi connectivity index (χ0v) is 13.9. The Morgan fingerprint density at radius 2 is 1.90 bits per heavy atom. The zero-order chi connectivity index (χ0) is 15.1. The third-order valence-electron chi connectivity index (χ3n) is 3.55. The summed E-state index contributed by atoms with van der Waals surface area (Å²) in [6.07, 6.45) is 3.04. The maximum atomic E-state index is 13.3. The van der Waals surface area contributed by atoms with Crippen molar-refractivity contribution in [3.63, 3.8) is 0 Å². The molecule has 2 aromatic rings. The molecule has 1 N–H and O–H groups in total. The first-order valence-electron chi connectivity index (χ1n) is 7.43. The Labute approximate surface area is 134 Å². The molecule has 0 saturated carbocycles. The largest absolute Gasteiger partial charge is 0.310 e. The van der Waals surface area contributed by atoms with E-state index in [0.29, 0.717) is 10.5 Å². The van der Waals surface area contributed by atoms with Crippen LogP contribution in [0.1, 0.15) is 36.9 Å². The molecule has 112 valence electrons. The Morgan fingerprint density at radius 1 is 1.14 bits per heavy atom. The average Bonchev–Trinajstić information content (AvgIpc) is 2.51. The molecule has 1 unspecified atom stereocenters. The van der Waals surface area contributed by atoms with Gasteiger partial charge in [0.2, 0.25) is 0 Å². The van der Waals surface area contributed by atoms with E-state index in [4.69, 9.17) is 0 Å². The van der Waals surface area contributed by atoms with Crippen molar-refractivity contribution in [2.45, 2.75) is 32.2 Å². The fourth-order valence-corrected chi connectivity index (χ4v) is 2.82. The van der Waals surface area contributed by atoms with Crippen molar-refractivity contribution in [2.24, 2.45) is 0 Å². The van der Waals surface area contributed by atoms with E-state index in [1.54, 1.807) is 0 Å². The van der Waals surface area contributed by atoms with Crippen molar-refractivity contribution < 1.29 is 4.39 Å². The van der Waals surface area contributed by atoms with E-state index in [-0.39, 0.29) is 5.82 Å². The normalized spacial score (nSPS) is 12.3. The molecule has 0 aromatic heterocycles. The summed E-state index contributed by atoms with van der Waals surface area (Å²) in [7, 11) is 0. The van der Waals surface area contributed by atoms with Gasteiger partial charge in [-0.1, -0.05) is 43.3 Å². The molecule has 1 atom stereocenters. The first kappa shape index (κ1) is 16.2. The van der Waals surface area contributed by atoms with Crippen molar-refractivity contribution in [1.29, 1.82) is 0 Å². The summed E-state index contributed by atoms with van der Waals surface area (Å²) in [5, 5.41) is 3.60. The third-order valence-corrected chi connectivity index (χ3v) is 4.16. The van der Waals surface area contributed by atoms with E-state index in [1.165, 1.54) is 11.6 Å². The molecule has 0 spiro atoms. The van der Waals surface area contributed by atoms with Gasteiger partial charge in [-0.3, -0.25) is 0 Å². The highest BCUT2D eigenvalue weighted by Gasteiger charge is 2.11. The quantitative estimate of drug-likeness (QED) is 0.718. The van der Waals surface area contributed by atoms with E-state index in [2.05, 4.69) is 52.4 Å². The second kappa shape index (κ2) is 8.30. The van der Waals surface area contributed by atoms with Gasteiger partial charge in [0, 0.05) is 6.04 Å². The smallest absolute Gasteiger partial charge is 0.137 e. The minimum Gasteiger partial charge on any atom is -0.310 e. The van der Waals surface area contributed by atoms with E-state index < -0.39 is 0 Å². The minimum absolute atomic E-state index is 0.206. The maximum Gasteiger partial charge on any atom is 0.137 e. The average molecular weight is 350 g/mol. The van der Waals surface area contributed by atoms with Crippen LogP contribution in [0.3, 0.4) is 0 Å². The number of rotatable bonds is 7. The molecular weight excluding hydrogens is 329 g/mol. The lowest BCUT2D eigenvalue weighted by atomic mass is 9.99. The second-order valence-corrected chi connectivity index (χ2v) is 6.06. The number of benzene rings is 2. The topological polar surface area (TPSA) is 12.0 Å². The van der Waals surface area contributed by atoms with Crippen LogP contribution < -0.4 is 5.32 Å². The lowest BCUT2D eigenvalue weighted by Gasteiger charge is -2.19. The van der Waals surface area contributed by atoms with Crippen molar-refractivity contribution in [2.75, 3.05) is 6.54 Å². The van der Waals surface area contributed by atoms with Gasteiger partial charge in [0.15, 0.2) is 0 Å². The molecule has 0 amide bonds. The summed E-state index contributed by atoms with van der Waals surface area (Å²) in [5.74, 6) is -0.206. The second-order valence-electron chi connectivity index (χ2n) is 5.20. The van der Waals surface area contributed by atoms with Gasteiger partial charge < -0.3 is 5.32 Å². The SMILES string of the molecule is CCCNC(CCc1ccc(F)c(Br)c1)c1ccccc1. The van der Waals surface area contributed by atoms with Crippen LogP contribution in [0.4, 0.5) is 4.39 Å². The molecule has 0 saturated heterocycles. The number of nitrogens with one attached hydrogen (secondary N) is 1. The van der Waals surface area contributed by atoms with Crippen molar-refractivity contribution >= 4 is 15.9 Å². The van der Waals surface area contributed by atoms with E-state index in [1.807, 2.05) is 18.2 Å². The summed E-state index contributed by atoms with van der Waals surface area (Å²) in [4.78, 5) is 0. The number of hydrogen-bond acceptors (Lipinski definition) is 1. The van der Waals surface area contributed by atoms with Crippen molar-refractivity contribution in [1.82, 2.24) is 5.32 Å². The van der Waals surface area contributed by atoms with Crippen LogP contribution in [0, 0.1) is 5.82 Å². The van der Waals surface area contributed by atoms with Gasteiger partial charge in [0.25, 0.3) is 0 Å². The van der Waals surface area contributed by atoms with Gasteiger partial charge in [0.1, 0.15) is 5.82 Å². The Morgan fingerprint density at radius 3 is 2.57 bits per heavy atom. The fraction of sp³-hybridized carbons (Fsp3) is 0.333. The van der Waals surface area contributed by atoms with Gasteiger partial charge in [0.05, 0.1) is 4.47 Å². The molecule has 2 aromatic carbocycles. The molecule has 0 aliphatic carbocycles. The fourth-order valence-electron chi connectivity index (χ4n) is 2.40. The summed E-state index contributed by atoms with van der Waals surface area (Å²) in [6, 6.07) is 16.1. The first-order chi connectivity index (χ1) is 10.2. The lowest BCUT2D eigenvalue weighted by Crippen LogP contribution is -2.22. The van der Waals surface area contributed by atoms with Crippen LogP contribution >= 0.6 is 15.9 Å². The van der Waals surface area contributed by atoms with E-state index >= 15 is 0 Å². The van der Waals surface area contributed by atoms with Crippen LogP contribution in [0.15, 0.2) is 53.0 Å². The molecule has 21 heavy (non-hydrogen) atoms. The molecule has 0 radical (unpaired) electrons. The molecule has 0 heterocycles. The first-order valence-corrected chi connectivity index (χ1v) is 8.22. The molecule has 0 aliphatic heterocycles. The zero-order valence-electron chi connectivity index (χ0n) is 12.3. The summed E-state index contributed by atoms with van der Waals surface area (Å²) < 4.78 is 13.8. The van der Waals surface area contributed by atoms with Crippen molar-refractivity contribution in [3.05, 3.63) is 69.9 Å². The predicted octanol–water partition coefficient (Wildman–Crippen LogP) is 5.26. The molecular formula is C18H21BrFN. The molecule has 1 nitrogen and oxygen atoms in total. The van der Waals surface area contributed by atoms with Crippen LogP contribution in [-0.2, 0) is 6.42 Å². The highest BCUT2D eigenvalue weighted by Crippen LogP contribution is 2.22. The maximum absolute atomic E-state index is 13.3. The van der Waals surface area contributed by atoms with Crippen LogP contribution in [-0.4, -0.2) is 6.54 Å². The standard InChI is InChI=1S/C18H21BrFN/c1-2-12-21-18(15-6-4-3-5-7-15)11-9-14-8-10-17(20)16(19)13-14/h3-8,10,13,18,21H,2,9,11-12H2,1H3.